The standard InChI is InChI=1S/C21H24N2O/c1-22-20-11-12-23(15-19(20)13-21(22)24)14-16-7-9-18(10-8-16)17-5-3-2-4-6-17/h2-10,19-20H,11-15H2,1H3/t19-,20+/m1/s1. The van der Waals surface area contributed by atoms with Crippen molar-refractivity contribution < 1.29 is 4.79 Å². The Balaban J connectivity index is 1.40. The average Bonchev–Trinajstić information content (AvgIpc) is 2.90. The molecule has 0 bridgehead atoms. The smallest absolute Gasteiger partial charge is 0.222 e. The molecule has 0 spiro atoms. The Kier molecular flexibility index (Phi) is 4.11. The van der Waals surface area contributed by atoms with E-state index >= 15 is 0 Å². The molecule has 0 aliphatic carbocycles. The maximum Gasteiger partial charge on any atom is 0.222 e. The van der Waals surface area contributed by atoms with Crippen molar-refractivity contribution in [3.05, 3.63) is 60.2 Å². The molecule has 4 rings (SSSR count). The predicted molar refractivity (Wildman–Crippen MR) is 96.4 cm³/mol. The highest BCUT2D eigenvalue weighted by Crippen LogP contribution is 2.31. The Labute approximate surface area is 143 Å². The van der Waals surface area contributed by atoms with Crippen molar-refractivity contribution in [3.8, 4) is 11.1 Å². The summed E-state index contributed by atoms with van der Waals surface area (Å²) < 4.78 is 0. The van der Waals surface area contributed by atoms with E-state index in [1.807, 2.05) is 18.0 Å². The lowest BCUT2D eigenvalue weighted by Crippen LogP contribution is -2.44. The zero-order valence-electron chi connectivity index (χ0n) is 14.2. The Morgan fingerprint density at radius 1 is 1.00 bits per heavy atom. The molecule has 0 radical (unpaired) electrons. The molecule has 1 amide bonds. The molecule has 0 aromatic heterocycles. The molecule has 124 valence electrons. The number of hydrogen-bond acceptors (Lipinski definition) is 2. The molecule has 3 heteroatoms. The second kappa shape index (κ2) is 6.40. The molecule has 2 saturated heterocycles. The van der Waals surface area contributed by atoms with Gasteiger partial charge in [-0.15, -0.1) is 0 Å². The number of carbonyl (C=O) groups excluding carboxylic acids is 1. The number of fused-ring (bicyclic) bond motifs is 1. The van der Waals surface area contributed by atoms with Crippen LogP contribution in [-0.2, 0) is 11.3 Å². The SMILES string of the molecule is CN1C(=O)C[C@@H]2CN(Cc3ccc(-c4ccccc4)cc3)CC[C@@H]21. The minimum absolute atomic E-state index is 0.319. The summed E-state index contributed by atoms with van der Waals surface area (Å²) in [6, 6.07) is 19.9. The molecule has 2 aliphatic heterocycles. The molecule has 2 heterocycles. The fraction of sp³-hybridized carbons (Fsp3) is 0.381. The molecule has 2 fully saturated rings. The van der Waals surface area contributed by atoms with Crippen molar-refractivity contribution in [1.82, 2.24) is 9.80 Å². The van der Waals surface area contributed by atoms with Gasteiger partial charge in [0.25, 0.3) is 0 Å². The summed E-state index contributed by atoms with van der Waals surface area (Å²) in [4.78, 5) is 16.4. The van der Waals surface area contributed by atoms with Crippen molar-refractivity contribution in [2.45, 2.75) is 25.4 Å². The normalized spacial score (nSPS) is 24.2. The highest BCUT2D eigenvalue weighted by Gasteiger charge is 2.40. The summed E-state index contributed by atoms with van der Waals surface area (Å²) in [5, 5.41) is 0. The Bertz CT molecular complexity index is 710. The van der Waals surface area contributed by atoms with Gasteiger partial charge in [0.15, 0.2) is 0 Å². The van der Waals surface area contributed by atoms with Crippen molar-refractivity contribution in [2.24, 2.45) is 5.92 Å². The largest absolute Gasteiger partial charge is 0.342 e. The molecule has 2 aromatic carbocycles. The van der Waals surface area contributed by atoms with E-state index in [-0.39, 0.29) is 0 Å². The zero-order valence-corrected chi connectivity index (χ0v) is 14.2. The van der Waals surface area contributed by atoms with E-state index < -0.39 is 0 Å². The number of likely N-dealkylation sites (tertiary alicyclic amines) is 2. The van der Waals surface area contributed by atoms with Crippen LogP contribution in [0.4, 0.5) is 0 Å². The average molecular weight is 320 g/mol. The van der Waals surface area contributed by atoms with E-state index in [0.29, 0.717) is 17.9 Å². The lowest BCUT2D eigenvalue weighted by atomic mass is 9.92. The number of benzene rings is 2. The molecule has 0 unspecified atom stereocenters. The highest BCUT2D eigenvalue weighted by molar-refractivity contribution is 5.79. The van der Waals surface area contributed by atoms with Gasteiger partial charge in [-0.3, -0.25) is 9.69 Å². The minimum atomic E-state index is 0.319. The first-order valence-corrected chi connectivity index (χ1v) is 8.83. The lowest BCUT2D eigenvalue weighted by molar-refractivity contribution is -0.127. The Hall–Kier alpha value is -2.13. The van der Waals surface area contributed by atoms with Crippen LogP contribution in [0.25, 0.3) is 11.1 Å². The van der Waals surface area contributed by atoms with Gasteiger partial charge in [-0.05, 0) is 23.1 Å². The van der Waals surface area contributed by atoms with Gasteiger partial charge in [-0.1, -0.05) is 54.6 Å². The first-order chi connectivity index (χ1) is 11.7. The third kappa shape index (κ3) is 2.96. The zero-order chi connectivity index (χ0) is 16.5. The van der Waals surface area contributed by atoms with E-state index in [1.54, 1.807) is 0 Å². The second-order valence-corrected chi connectivity index (χ2v) is 7.12. The summed E-state index contributed by atoms with van der Waals surface area (Å²) in [5.41, 5.74) is 3.88. The van der Waals surface area contributed by atoms with Gasteiger partial charge in [-0.25, -0.2) is 0 Å². The van der Waals surface area contributed by atoms with Crippen molar-refractivity contribution in [1.29, 1.82) is 0 Å². The lowest BCUT2D eigenvalue weighted by Gasteiger charge is -2.36. The minimum Gasteiger partial charge on any atom is -0.342 e. The number of piperidine rings is 1. The number of rotatable bonds is 3. The van der Waals surface area contributed by atoms with Crippen LogP contribution in [0.3, 0.4) is 0 Å². The second-order valence-electron chi connectivity index (χ2n) is 7.12. The van der Waals surface area contributed by atoms with Crippen LogP contribution in [0.1, 0.15) is 18.4 Å². The van der Waals surface area contributed by atoms with Crippen LogP contribution < -0.4 is 0 Å². The van der Waals surface area contributed by atoms with Crippen LogP contribution >= 0.6 is 0 Å². The van der Waals surface area contributed by atoms with Gasteiger partial charge in [0.05, 0.1) is 0 Å². The van der Waals surface area contributed by atoms with Gasteiger partial charge in [0, 0.05) is 45.1 Å². The summed E-state index contributed by atoms with van der Waals surface area (Å²) in [7, 11) is 1.96. The monoisotopic (exact) mass is 320 g/mol. The van der Waals surface area contributed by atoms with E-state index in [2.05, 4.69) is 53.4 Å². The van der Waals surface area contributed by atoms with E-state index in [4.69, 9.17) is 0 Å². The third-order valence-electron chi connectivity index (χ3n) is 5.57. The molecule has 0 N–H and O–H groups in total. The Morgan fingerprint density at radius 2 is 1.71 bits per heavy atom. The number of amides is 1. The van der Waals surface area contributed by atoms with Crippen molar-refractivity contribution in [3.63, 3.8) is 0 Å². The van der Waals surface area contributed by atoms with Gasteiger partial charge in [0.1, 0.15) is 0 Å². The molecule has 2 aliphatic rings. The quantitative estimate of drug-likeness (QED) is 0.865. The third-order valence-corrected chi connectivity index (χ3v) is 5.57. The molecule has 3 nitrogen and oxygen atoms in total. The maximum absolute atomic E-state index is 11.9. The summed E-state index contributed by atoms with van der Waals surface area (Å²) in [5.74, 6) is 0.832. The van der Waals surface area contributed by atoms with Crippen LogP contribution in [0, 0.1) is 5.92 Å². The van der Waals surface area contributed by atoms with Crippen molar-refractivity contribution >= 4 is 5.91 Å². The van der Waals surface area contributed by atoms with Gasteiger partial charge in [0.2, 0.25) is 5.91 Å². The first-order valence-electron chi connectivity index (χ1n) is 8.83. The molecular weight excluding hydrogens is 296 g/mol. The number of hydrogen-bond donors (Lipinski definition) is 0. The topological polar surface area (TPSA) is 23.6 Å². The predicted octanol–water partition coefficient (Wildman–Crippen LogP) is 3.41. The molecule has 24 heavy (non-hydrogen) atoms. The summed E-state index contributed by atoms with van der Waals surface area (Å²) in [6.45, 7) is 3.11. The molecule has 2 aromatic rings. The fourth-order valence-electron chi connectivity index (χ4n) is 4.19. The van der Waals surface area contributed by atoms with E-state index in [9.17, 15) is 4.79 Å². The fourth-order valence-corrected chi connectivity index (χ4v) is 4.19. The summed E-state index contributed by atoms with van der Waals surface area (Å²) >= 11 is 0. The molecule has 2 atom stereocenters. The van der Waals surface area contributed by atoms with E-state index in [1.165, 1.54) is 16.7 Å². The van der Waals surface area contributed by atoms with Gasteiger partial charge in [-0.2, -0.15) is 0 Å². The van der Waals surface area contributed by atoms with Crippen LogP contribution in [0.2, 0.25) is 0 Å². The molecule has 0 saturated carbocycles. The summed E-state index contributed by atoms with van der Waals surface area (Å²) in [6.07, 6.45) is 1.83. The number of carbonyl (C=O) groups is 1. The first kappa shape index (κ1) is 15.4. The number of nitrogens with zero attached hydrogens (tertiary/aromatic N) is 2. The highest BCUT2D eigenvalue weighted by atomic mass is 16.2. The maximum atomic E-state index is 11.9. The van der Waals surface area contributed by atoms with Crippen LogP contribution in [0.5, 0.6) is 0 Å². The Morgan fingerprint density at radius 3 is 2.46 bits per heavy atom. The van der Waals surface area contributed by atoms with Crippen LogP contribution in [-0.4, -0.2) is 41.9 Å². The van der Waals surface area contributed by atoms with Gasteiger partial charge >= 0.3 is 0 Å². The molecular formula is C21H24N2O. The van der Waals surface area contributed by atoms with Gasteiger partial charge < -0.3 is 4.90 Å². The van der Waals surface area contributed by atoms with Crippen LogP contribution in [0.15, 0.2) is 54.6 Å². The van der Waals surface area contributed by atoms with Crippen molar-refractivity contribution in [2.75, 3.05) is 20.1 Å². The van der Waals surface area contributed by atoms with E-state index in [0.717, 1.165) is 32.5 Å².